The highest BCUT2D eigenvalue weighted by atomic mass is 35.5. The van der Waals surface area contributed by atoms with Crippen LogP contribution in [0.15, 0.2) is 0 Å². The number of hydrogen-bond donors (Lipinski definition) is 1. The fourth-order valence-electron chi connectivity index (χ4n) is 0. The number of carboxylic acids is 1. The van der Waals surface area contributed by atoms with Crippen molar-refractivity contribution >= 4 is 18.4 Å². The van der Waals surface area contributed by atoms with E-state index in [4.69, 9.17) is 9.90 Å². The molecule has 0 aliphatic rings. The highest BCUT2D eigenvalue weighted by Crippen LogP contribution is 2.13. The summed E-state index contributed by atoms with van der Waals surface area (Å²) in [5, 5.41) is 7.12. The van der Waals surface area contributed by atoms with Gasteiger partial charge in [-0.15, -0.1) is 12.4 Å². The van der Waals surface area contributed by atoms with Crippen molar-refractivity contribution in [2.24, 2.45) is 0 Å². The molecule has 0 aromatic heterocycles. The van der Waals surface area contributed by atoms with Crippen molar-refractivity contribution in [3.8, 4) is 0 Å². The minimum atomic E-state index is -5.08. The van der Waals surface area contributed by atoms with Crippen LogP contribution in [0.1, 0.15) is 0 Å². The molecule has 0 aliphatic heterocycles. The SMILES string of the molecule is CN(C)C.Cl.O=C(O)C(F)(F)F. The third-order valence-corrected chi connectivity index (χ3v) is 0.243. The molecule has 0 atom stereocenters. The Hall–Kier alpha value is -0.490. The maximum absolute atomic E-state index is 10.6. The van der Waals surface area contributed by atoms with E-state index >= 15 is 0 Å². The third kappa shape index (κ3) is 22.7. The van der Waals surface area contributed by atoms with Gasteiger partial charge in [-0.1, -0.05) is 0 Å². The maximum atomic E-state index is 10.6. The van der Waals surface area contributed by atoms with Crippen LogP contribution >= 0.6 is 12.4 Å². The van der Waals surface area contributed by atoms with E-state index in [1.165, 1.54) is 0 Å². The Morgan fingerprint density at radius 1 is 1.25 bits per heavy atom. The van der Waals surface area contributed by atoms with Crippen molar-refractivity contribution in [1.29, 1.82) is 0 Å². The van der Waals surface area contributed by atoms with Crippen molar-refractivity contribution in [3.05, 3.63) is 0 Å². The van der Waals surface area contributed by atoms with Crippen LogP contribution in [0.3, 0.4) is 0 Å². The van der Waals surface area contributed by atoms with Crippen LogP contribution < -0.4 is 0 Å². The second kappa shape index (κ2) is 7.17. The van der Waals surface area contributed by atoms with Crippen molar-refractivity contribution in [2.45, 2.75) is 6.18 Å². The van der Waals surface area contributed by atoms with Crippen LogP contribution in [-0.4, -0.2) is 43.3 Å². The van der Waals surface area contributed by atoms with E-state index in [2.05, 4.69) is 0 Å². The number of carbonyl (C=O) groups is 1. The molecule has 1 N–H and O–H groups in total. The number of alkyl halides is 3. The molecule has 0 heterocycles. The minimum Gasteiger partial charge on any atom is -0.475 e. The van der Waals surface area contributed by atoms with Crippen LogP contribution in [0.4, 0.5) is 13.2 Å². The summed E-state index contributed by atoms with van der Waals surface area (Å²) >= 11 is 0. The van der Waals surface area contributed by atoms with Crippen molar-refractivity contribution < 1.29 is 23.1 Å². The minimum absolute atomic E-state index is 0. The lowest BCUT2D eigenvalue weighted by atomic mass is 10.7. The fraction of sp³-hybridized carbons (Fsp3) is 0.800. The first-order chi connectivity index (χ1) is 4.68. The molecule has 0 saturated carbocycles. The summed E-state index contributed by atoms with van der Waals surface area (Å²) in [4.78, 5) is 10.9. The molecule has 3 nitrogen and oxygen atoms in total. The van der Waals surface area contributed by atoms with Crippen molar-refractivity contribution in [1.82, 2.24) is 4.90 Å². The van der Waals surface area contributed by atoms with Gasteiger partial charge in [0.05, 0.1) is 0 Å². The van der Waals surface area contributed by atoms with E-state index in [0.29, 0.717) is 0 Å². The lowest BCUT2D eigenvalue weighted by molar-refractivity contribution is -0.192. The van der Waals surface area contributed by atoms with Gasteiger partial charge in [0.1, 0.15) is 0 Å². The van der Waals surface area contributed by atoms with E-state index in [1.807, 2.05) is 26.0 Å². The summed E-state index contributed by atoms with van der Waals surface area (Å²) in [7, 11) is 6.00. The molecule has 0 aromatic rings. The van der Waals surface area contributed by atoms with Gasteiger partial charge in [0, 0.05) is 0 Å². The Labute approximate surface area is 74.6 Å². The van der Waals surface area contributed by atoms with Crippen LogP contribution in [0.25, 0.3) is 0 Å². The average Bonchev–Trinajstić information content (AvgIpc) is 1.59. The Balaban J connectivity index is -0.000000142. The zero-order chi connectivity index (χ0) is 9.65. The predicted octanol–water partition coefficient (Wildman–Crippen LogP) is 1.23. The largest absolute Gasteiger partial charge is 0.490 e. The van der Waals surface area contributed by atoms with Crippen molar-refractivity contribution in [2.75, 3.05) is 21.1 Å². The molecule has 0 radical (unpaired) electrons. The summed E-state index contributed by atoms with van der Waals surface area (Å²) in [6, 6.07) is 0. The van der Waals surface area contributed by atoms with Gasteiger partial charge < -0.3 is 10.0 Å². The Kier molecular flexibility index (Phi) is 10.5. The Morgan fingerprint density at radius 2 is 1.33 bits per heavy atom. The van der Waals surface area contributed by atoms with Gasteiger partial charge in [-0.25, -0.2) is 4.79 Å². The zero-order valence-corrected chi connectivity index (χ0v) is 7.66. The van der Waals surface area contributed by atoms with E-state index in [-0.39, 0.29) is 12.4 Å². The molecule has 0 aliphatic carbocycles. The molecule has 0 unspecified atom stereocenters. The number of carboxylic acid groups (broad SMARTS) is 1. The summed E-state index contributed by atoms with van der Waals surface area (Å²) in [6.45, 7) is 0. The first-order valence-electron chi connectivity index (χ1n) is 2.59. The fourth-order valence-corrected chi connectivity index (χ4v) is 0. The van der Waals surface area contributed by atoms with E-state index in [0.717, 1.165) is 0 Å². The average molecular weight is 210 g/mol. The highest BCUT2D eigenvalue weighted by molar-refractivity contribution is 5.85. The molecule has 0 spiro atoms. The first-order valence-corrected chi connectivity index (χ1v) is 2.59. The zero-order valence-electron chi connectivity index (χ0n) is 6.84. The smallest absolute Gasteiger partial charge is 0.475 e. The standard InChI is InChI=1S/C3H9N.C2HF3O2.ClH/c1-4(2)3;3-2(4,5)1(6)7;/h1-3H3;(H,6,7);1H. The quantitative estimate of drug-likeness (QED) is 0.653. The Morgan fingerprint density at radius 3 is 1.33 bits per heavy atom. The summed E-state index contributed by atoms with van der Waals surface area (Å²) < 4.78 is 31.7. The summed E-state index contributed by atoms with van der Waals surface area (Å²) in [5.74, 6) is -2.76. The first kappa shape index (κ1) is 17.6. The number of halogens is 4. The normalized spacial score (nSPS) is 9.58. The van der Waals surface area contributed by atoms with Gasteiger partial charge in [-0.05, 0) is 21.1 Å². The second-order valence-corrected chi connectivity index (χ2v) is 2.14. The third-order valence-electron chi connectivity index (χ3n) is 0.243. The van der Waals surface area contributed by atoms with Crippen LogP contribution in [0.5, 0.6) is 0 Å². The second-order valence-electron chi connectivity index (χ2n) is 2.14. The molecular formula is C5H11ClF3NO2. The molecule has 12 heavy (non-hydrogen) atoms. The Bertz CT molecular complexity index is 124. The predicted molar refractivity (Wildman–Crippen MR) is 40.5 cm³/mol. The van der Waals surface area contributed by atoms with E-state index < -0.39 is 12.1 Å². The number of aliphatic carboxylic acids is 1. The van der Waals surface area contributed by atoms with Gasteiger partial charge in [-0.3, -0.25) is 0 Å². The van der Waals surface area contributed by atoms with Gasteiger partial charge >= 0.3 is 12.1 Å². The van der Waals surface area contributed by atoms with Gasteiger partial charge in [0.25, 0.3) is 0 Å². The monoisotopic (exact) mass is 209 g/mol. The molecule has 76 valence electrons. The van der Waals surface area contributed by atoms with Gasteiger partial charge in [0.2, 0.25) is 0 Å². The molecular weight excluding hydrogens is 199 g/mol. The molecule has 0 fully saturated rings. The molecule has 7 heteroatoms. The van der Waals surface area contributed by atoms with Crippen LogP contribution in [0.2, 0.25) is 0 Å². The van der Waals surface area contributed by atoms with E-state index in [9.17, 15) is 13.2 Å². The lowest BCUT2D eigenvalue weighted by Gasteiger charge is -1.93. The number of rotatable bonds is 0. The van der Waals surface area contributed by atoms with Crippen LogP contribution in [-0.2, 0) is 4.79 Å². The molecule has 0 amide bonds. The molecule has 0 rings (SSSR count). The van der Waals surface area contributed by atoms with Crippen LogP contribution in [0, 0.1) is 0 Å². The van der Waals surface area contributed by atoms with E-state index in [1.54, 1.807) is 0 Å². The molecule has 0 bridgehead atoms. The van der Waals surface area contributed by atoms with Gasteiger partial charge in [0.15, 0.2) is 0 Å². The lowest BCUT2D eigenvalue weighted by Crippen LogP contribution is -2.21. The maximum Gasteiger partial charge on any atom is 0.490 e. The number of hydrogen-bond acceptors (Lipinski definition) is 2. The van der Waals surface area contributed by atoms with Crippen molar-refractivity contribution in [3.63, 3.8) is 0 Å². The number of nitrogens with zero attached hydrogens (tertiary/aromatic N) is 1. The summed E-state index contributed by atoms with van der Waals surface area (Å²) in [6.07, 6.45) is -5.08. The summed E-state index contributed by atoms with van der Waals surface area (Å²) in [5.41, 5.74) is 0. The topological polar surface area (TPSA) is 40.5 Å². The van der Waals surface area contributed by atoms with Gasteiger partial charge in [-0.2, -0.15) is 13.2 Å². The molecule has 0 aromatic carbocycles. The molecule has 0 saturated heterocycles. The highest BCUT2D eigenvalue weighted by Gasteiger charge is 2.38.